The SMILES string of the molecule is CS(=O)(=O)Nc1ccc(B(O)O)cc1.[C-]#[N+]c1cnc(N)nc1N[C@@H](C)c1cc2cccc(-c3ccc(NS(C)(=O)=O)cc3)c2c(=O)n1-c1ccccc1.[C-]#[N+]c1cnc(N)nc1N[C@@H](C)c1cc2cccc(Cl)c2c(=O)n1-c1ccccc1. The third kappa shape index (κ3) is 14.5. The van der Waals surface area contributed by atoms with Crippen LogP contribution >= 0.6 is 11.6 Å². The number of anilines is 6. The molecule has 424 valence electrons. The van der Waals surface area contributed by atoms with Crippen molar-refractivity contribution in [3.63, 3.8) is 0 Å². The van der Waals surface area contributed by atoms with Crippen LogP contribution in [0.25, 0.3) is 53.7 Å². The van der Waals surface area contributed by atoms with Gasteiger partial charge in [-0.2, -0.15) is 0 Å². The number of nitrogens with one attached hydrogen (secondary N) is 4. The number of aromatic nitrogens is 6. The number of nitrogens with zero attached hydrogens (tertiary/aromatic N) is 8. The molecular weight excluding hydrogens is 1130 g/mol. The maximum absolute atomic E-state index is 14.3. The minimum atomic E-state index is -3.42. The van der Waals surface area contributed by atoms with Crippen molar-refractivity contribution in [2.24, 2.45) is 0 Å². The number of hydrogen-bond acceptors (Lipinski definition) is 16. The molecule has 2 atom stereocenters. The van der Waals surface area contributed by atoms with Gasteiger partial charge in [-0.15, -0.1) is 0 Å². The van der Waals surface area contributed by atoms with Gasteiger partial charge in [0, 0.05) is 46.5 Å². The van der Waals surface area contributed by atoms with Crippen molar-refractivity contribution in [3.8, 4) is 22.5 Å². The third-order valence-corrected chi connectivity index (χ3v) is 14.1. The Kier molecular flexibility index (Phi) is 18.4. The molecular formula is C58H52BClN14O8S2. The Balaban J connectivity index is 0.000000183. The van der Waals surface area contributed by atoms with Gasteiger partial charge >= 0.3 is 7.12 Å². The molecule has 0 bridgehead atoms. The Labute approximate surface area is 488 Å². The van der Waals surface area contributed by atoms with Crippen molar-refractivity contribution in [2.45, 2.75) is 25.9 Å². The molecule has 0 amide bonds. The first-order valence-corrected chi connectivity index (χ1v) is 29.4. The minimum Gasteiger partial charge on any atom is -0.423 e. The van der Waals surface area contributed by atoms with Crippen LogP contribution in [0.2, 0.25) is 5.02 Å². The minimum absolute atomic E-state index is 0.0310. The molecule has 0 aliphatic rings. The van der Waals surface area contributed by atoms with Gasteiger partial charge in [0.2, 0.25) is 43.3 Å². The number of hydrogen-bond donors (Lipinski definition) is 8. The number of pyridine rings is 2. The van der Waals surface area contributed by atoms with Crippen molar-refractivity contribution in [2.75, 3.05) is 44.1 Å². The Morgan fingerprint density at radius 1 is 0.583 bits per heavy atom. The molecule has 84 heavy (non-hydrogen) atoms. The maximum atomic E-state index is 14.3. The predicted molar refractivity (Wildman–Crippen MR) is 332 cm³/mol. The topological polar surface area (TPSA) is 313 Å². The van der Waals surface area contributed by atoms with Gasteiger partial charge in [0.1, 0.15) is 11.6 Å². The van der Waals surface area contributed by atoms with E-state index in [4.69, 9.17) is 46.3 Å². The van der Waals surface area contributed by atoms with E-state index < -0.39 is 33.2 Å². The monoisotopic (exact) mass is 1180 g/mol. The van der Waals surface area contributed by atoms with Crippen molar-refractivity contribution < 1.29 is 26.9 Å². The van der Waals surface area contributed by atoms with Gasteiger partial charge in [-0.3, -0.25) is 28.2 Å². The molecule has 26 heteroatoms. The van der Waals surface area contributed by atoms with E-state index in [1.165, 1.54) is 36.7 Å². The van der Waals surface area contributed by atoms with E-state index in [0.717, 1.165) is 28.8 Å². The summed E-state index contributed by atoms with van der Waals surface area (Å²) in [5.74, 6) is 0.674. The fourth-order valence-electron chi connectivity index (χ4n) is 8.87. The zero-order chi connectivity index (χ0) is 60.5. The highest BCUT2D eigenvalue weighted by Crippen LogP contribution is 2.34. The normalized spacial score (nSPS) is 11.8. The fraction of sp³-hybridized carbons (Fsp3) is 0.103. The number of nitrogens with two attached hydrogens (primary N) is 2. The summed E-state index contributed by atoms with van der Waals surface area (Å²) in [6.07, 6.45) is 4.86. The number of halogens is 1. The van der Waals surface area contributed by atoms with Crippen LogP contribution in [0.5, 0.6) is 0 Å². The number of rotatable bonds is 14. The van der Waals surface area contributed by atoms with Crippen molar-refractivity contribution >= 4 is 112 Å². The van der Waals surface area contributed by atoms with Crippen LogP contribution in [0.15, 0.2) is 180 Å². The number of benzene rings is 6. The molecule has 0 spiro atoms. The zero-order valence-electron chi connectivity index (χ0n) is 45.2. The molecule has 10 aromatic rings. The van der Waals surface area contributed by atoms with Crippen molar-refractivity contribution in [1.29, 1.82) is 0 Å². The van der Waals surface area contributed by atoms with Crippen molar-refractivity contribution in [3.05, 3.63) is 230 Å². The molecule has 0 saturated heterocycles. The molecule has 4 aromatic heterocycles. The molecule has 10 N–H and O–H groups in total. The predicted octanol–water partition coefficient (Wildman–Crippen LogP) is 8.60. The Morgan fingerprint density at radius 2 is 1.00 bits per heavy atom. The lowest BCUT2D eigenvalue weighted by Gasteiger charge is -2.22. The fourth-order valence-corrected chi connectivity index (χ4v) is 10.3. The van der Waals surface area contributed by atoms with E-state index in [0.29, 0.717) is 66.8 Å². The van der Waals surface area contributed by atoms with Gasteiger partial charge in [0.05, 0.1) is 53.5 Å². The lowest BCUT2D eigenvalue weighted by molar-refractivity contribution is 0.426. The molecule has 22 nitrogen and oxygen atoms in total. The van der Waals surface area contributed by atoms with Gasteiger partial charge < -0.3 is 32.1 Å². The van der Waals surface area contributed by atoms with Crippen LogP contribution in [-0.4, -0.2) is 75.6 Å². The number of para-hydroxylation sites is 2. The zero-order valence-corrected chi connectivity index (χ0v) is 47.6. The van der Waals surface area contributed by atoms with E-state index in [1.807, 2.05) is 111 Å². The van der Waals surface area contributed by atoms with Gasteiger partial charge in [-0.05, 0) is 108 Å². The Morgan fingerprint density at radius 3 is 1.43 bits per heavy atom. The highest BCUT2D eigenvalue weighted by atomic mass is 35.5. The number of sulfonamides is 2. The van der Waals surface area contributed by atoms with Gasteiger partial charge in [0.15, 0.2) is 0 Å². The van der Waals surface area contributed by atoms with Crippen LogP contribution in [-0.2, 0) is 20.0 Å². The smallest absolute Gasteiger partial charge is 0.423 e. The average molecular weight is 1180 g/mol. The summed E-state index contributed by atoms with van der Waals surface area (Å²) >= 11 is 6.35. The molecule has 4 heterocycles. The van der Waals surface area contributed by atoms with E-state index in [1.54, 1.807) is 45.5 Å². The third-order valence-electron chi connectivity index (χ3n) is 12.6. The summed E-state index contributed by atoms with van der Waals surface area (Å²) in [5.41, 5.74) is 16.8. The van der Waals surface area contributed by atoms with Crippen LogP contribution in [0.3, 0.4) is 0 Å². The summed E-state index contributed by atoms with van der Waals surface area (Å²) in [6, 6.07) is 45.2. The van der Waals surface area contributed by atoms with Crippen LogP contribution < -0.4 is 48.1 Å². The van der Waals surface area contributed by atoms with Gasteiger partial charge in [0.25, 0.3) is 11.1 Å². The summed E-state index contributed by atoms with van der Waals surface area (Å²) in [4.78, 5) is 50.8. The molecule has 0 aliphatic carbocycles. The van der Waals surface area contributed by atoms with Crippen LogP contribution in [0.1, 0.15) is 37.3 Å². The number of fused-ring (bicyclic) bond motifs is 2. The molecule has 0 saturated carbocycles. The lowest BCUT2D eigenvalue weighted by atomic mass is 9.80. The Hall–Kier alpha value is -10.1. The molecule has 6 aromatic carbocycles. The second-order valence-corrected chi connectivity index (χ2v) is 22.7. The molecule has 0 unspecified atom stereocenters. The van der Waals surface area contributed by atoms with Crippen LogP contribution in [0.4, 0.5) is 46.3 Å². The first kappa shape index (κ1) is 60.0. The molecule has 0 radical (unpaired) electrons. The lowest BCUT2D eigenvalue weighted by Crippen LogP contribution is -2.29. The summed E-state index contributed by atoms with van der Waals surface area (Å²) in [5, 5.41) is 26.8. The average Bonchev–Trinajstić information content (AvgIpc) is 1.76. The van der Waals surface area contributed by atoms with E-state index in [2.05, 4.69) is 49.7 Å². The summed E-state index contributed by atoms with van der Waals surface area (Å²) in [6.45, 7) is 18.6. The summed E-state index contributed by atoms with van der Waals surface area (Å²) in [7, 11) is -8.24. The van der Waals surface area contributed by atoms with E-state index in [9.17, 15) is 26.4 Å². The molecule has 10 rings (SSSR count). The maximum Gasteiger partial charge on any atom is 0.488 e. The van der Waals surface area contributed by atoms with Gasteiger partial charge in [-0.25, -0.2) is 46.5 Å². The second-order valence-electron chi connectivity index (χ2n) is 18.8. The largest absolute Gasteiger partial charge is 0.488 e. The first-order chi connectivity index (χ1) is 40.0. The van der Waals surface area contributed by atoms with E-state index in [-0.39, 0.29) is 46.2 Å². The standard InChI is InChI=1S/C29H25N7O3S.C22H17ClN6O.C7H10BNO4S/c1-18(33-27-24(31-2)17-32-29(30)34-27)25-16-20-8-7-11-23(19-12-14-21(15-13-19)35-40(3,38)39)26(20)28(37)36(25)22-9-5-4-6-10-22;1-13(27-20-17(25-2)12-26-22(24)28-20)18-11-14-7-6-10-16(23)19(14)21(30)29(18)15-8-4-3-5-9-15;1-14(12,13)9-7-4-2-6(3-5-7)8(10)11/h4-18,35H,1,3H3,(H3,30,32,33,34);3-13H,1H3,(H3,24,26,27,28);2-5,9-11H,1H3/t18-;13-;/m00./s1. The molecule has 0 aliphatic heterocycles. The highest BCUT2D eigenvalue weighted by Gasteiger charge is 2.22. The molecule has 0 fully saturated rings. The second kappa shape index (κ2) is 25.8. The highest BCUT2D eigenvalue weighted by molar-refractivity contribution is 7.92. The summed E-state index contributed by atoms with van der Waals surface area (Å²) < 4.78 is 52.8. The first-order valence-electron chi connectivity index (χ1n) is 25.2. The van der Waals surface area contributed by atoms with Crippen molar-refractivity contribution in [1.82, 2.24) is 29.1 Å². The van der Waals surface area contributed by atoms with Crippen LogP contribution in [0, 0.1) is 13.1 Å². The van der Waals surface area contributed by atoms with Gasteiger partial charge in [-0.1, -0.05) is 103 Å². The Bertz CT molecular complexity index is 4510. The van der Waals surface area contributed by atoms with E-state index >= 15 is 0 Å². The number of nitrogen functional groups attached to an aromatic ring is 2. The quantitative estimate of drug-likeness (QED) is 0.0373.